The third kappa shape index (κ3) is 3.69. The van der Waals surface area contributed by atoms with Crippen molar-refractivity contribution in [3.05, 3.63) is 58.4 Å². The molecule has 112 valence electrons. The number of halogens is 3. The Morgan fingerprint density at radius 1 is 1.14 bits per heavy atom. The molecule has 0 aromatic heterocycles. The Labute approximate surface area is 137 Å². The summed E-state index contributed by atoms with van der Waals surface area (Å²) in [5.41, 5.74) is 1.77. The van der Waals surface area contributed by atoms with Gasteiger partial charge in [0.25, 0.3) is 0 Å². The molecule has 0 saturated heterocycles. The second-order valence-electron chi connectivity index (χ2n) is 4.50. The Morgan fingerprint density at radius 3 is 2.52 bits per heavy atom. The molecule has 0 aliphatic heterocycles. The summed E-state index contributed by atoms with van der Waals surface area (Å²) in [5, 5.41) is 0.153. The van der Waals surface area contributed by atoms with E-state index in [1.807, 2.05) is 24.3 Å². The van der Waals surface area contributed by atoms with Crippen LogP contribution in [0.1, 0.15) is 16.0 Å². The molecule has 2 rings (SSSR count). The highest BCUT2D eigenvalue weighted by atomic mass is 79.9. The Kier molecular flexibility index (Phi) is 5.48. The molecule has 5 heteroatoms. The van der Waals surface area contributed by atoms with Crippen LogP contribution in [-0.2, 0) is 6.42 Å². The topological polar surface area (TPSA) is 18.5 Å². The van der Waals surface area contributed by atoms with Gasteiger partial charge < -0.3 is 9.47 Å². The number of hydrogen-bond acceptors (Lipinski definition) is 2. The van der Waals surface area contributed by atoms with E-state index in [1.165, 1.54) is 6.07 Å². The van der Waals surface area contributed by atoms with Gasteiger partial charge in [0, 0.05) is 4.83 Å². The van der Waals surface area contributed by atoms with Gasteiger partial charge in [-0.05, 0) is 35.7 Å². The lowest BCUT2D eigenvalue weighted by molar-refractivity contribution is 0.354. The summed E-state index contributed by atoms with van der Waals surface area (Å²) in [7, 11) is 3.19. The zero-order valence-electron chi connectivity index (χ0n) is 11.7. The number of benzene rings is 2. The summed E-state index contributed by atoms with van der Waals surface area (Å²) in [6.45, 7) is 0. The van der Waals surface area contributed by atoms with Crippen LogP contribution in [0.3, 0.4) is 0 Å². The minimum atomic E-state index is -0.411. The molecule has 2 aromatic rings. The van der Waals surface area contributed by atoms with Crippen molar-refractivity contribution in [1.29, 1.82) is 0 Å². The Bertz CT molecular complexity index is 634. The molecule has 21 heavy (non-hydrogen) atoms. The lowest BCUT2D eigenvalue weighted by Crippen LogP contribution is -1.99. The summed E-state index contributed by atoms with van der Waals surface area (Å²) in [4.78, 5) is -0.0844. The molecule has 0 aliphatic carbocycles. The summed E-state index contributed by atoms with van der Waals surface area (Å²) in [5.74, 6) is 0.933. The van der Waals surface area contributed by atoms with Gasteiger partial charge in [-0.2, -0.15) is 0 Å². The lowest BCUT2D eigenvalue weighted by Gasteiger charge is -2.14. The quantitative estimate of drug-likeness (QED) is 0.673. The fourth-order valence-corrected chi connectivity index (χ4v) is 3.23. The van der Waals surface area contributed by atoms with Crippen molar-refractivity contribution in [1.82, 2.24) is 0 Å². The first kappa shape index (κ1) is 16.1. The molecule has 0 aliphatic rings. The minimum absolute atomic E-state index is 0.0844. The summed E-state index contributed by atoms with van der Waals surface area (Å²) in [6, 6.07) is 10.5. The van der Waals surface area contributed by atoms with Crippen LogP contribution in [0.4, 0.5) is 4.39 Å². The highest BCUT2D eigenvalue weighted by Gasteiger charge is 2.15. The molecular weight excluding hydrogens is 359 g/mol. The predicted octanol–water partition coefficient (Wildman–Crippen LogP) is 5.18. The van der Waals surface area contributed by atoms with Crippen LogP contribution in [0.15, 0.2) is 36.4 Å². The highest BCUT2D eigenvalue weighted by Crippen LogP contribution is 2.35. The van der Waals surface area contributed by atoms with Crippen molar-refractivity contribution in [2.45, 2.75) is 11.2 Å². The third-order valence-electron chi connectivity index (χ3n) is 3.18. The Hall–Kier alpha value is -1.26. The van der Waals surface area contributed by atoms with Gasteiger partial charge in [0.2, 0.25) is 0 Å². The van der Waals surface area contributed by atoms with Gasteiger partial charge in [0.05, 0.1) is 19.2 Å². The van der Waals surface area contributed by atoms with E-state index in [9.17, 15) is 4.39 Å². The first-order valence-electron chi connectivity index (χ1n) is 6.35. The largest absolute Gasteiger partial charge is 0.493 e. The smallest absolute Gasteiger partial charge is 0.160 e. The van der Waals surface area contributed by atoms with Crippen LogP contribution in [0, 0.1) is 5.82 Å². The summed E-state index contributed by atoms with van der Waals surface area (Å²) >= 11 is 9.58. The molecule has 0 radical (unpaired) electrons. The molecule has 0 amide bonds. The van der Waals surface area contributed by atoms with Crippen LogP contribution >= 0.6 is 27.5 Å². The van der Waals surface area contributed by atoms with Crippen LogP contribution in [0.5, 0.6) is 11.5 Å². The van der Waals surface area contributed by atoms with Crippen molar-refractivity contribution < 1.29 is 13.9 Å². The van der Waals surface area contributed by atoms with Gasteiger partial charge in [-0.3, -0.25) is 0 Å². The normalized spacial score (nSPS) is 12.0. The summed E-state index contributed by atoms with van der Waals surface area (Å²) < 4.78 is 24.0. The van der Waals surface area contributed by atoms with Gasteiger partial charge in [-0.1, -0.05) is 45.7 Å². The van der Waals surface area contributed by atoms with Gasteiger partial charge in [-0.15, -0.1) is 0 Å². The maximum Gasteiger partial charge on any atom is 0.160 e. The maximum atomic E-state index is 13.5. The van der Waals surface area contributed by atoms with Crippen molar-refractivity contribution in [3.63, 3.8) is 0 Å². The fourth-order valence-electron chi connectivity index (χ4n) is 2.09. The van der Waals surface area contributed by atoms with E-state index in [0.29, 0.717) is 17.9 Å². The number of ether oxygens (including phenoxy) is 2. The van der Waals surface area contributed by atoms with Crippen LogP contribution in [-0.4, -0.2) is 14.2 Å². The molecule has 2 nitrogen and oxygen atoms in total. The number of rotatable bonds is 5. The molecule has 1 unspecified atom stereocenters. The molecule has 0 spiro atoms. The molecule has 0 heterocycles. The summed E-state index contributed by atoms with van der Waals surface area (Å²) in [6.07, 6.45) is 0.656. The fraction of sp³-hybridized carbons (Fsp3) is 0.250. The monoisotopic (exact) mass is 372 g/mol. The maximum absolute atomic E-state index is 13.5. The zero-order valence-corrected chi connectivity index (χ0v) is 14.0. The van der Waals surface area contributed by atoms with Crippen molar-refractivity contribution in [2.75, 3.05) is 14.2 Å². The lowest BCUT2D eigenvalue weighted by atomic mass is 10.0. The molecule has 0 saturated carbocycles. The zero-order chi connectivity index (χ0) is 15.4. The first-order chi connectivity index (χ1) is 10.1. The second kappa shape index (κ2) is 7.14. The number of methoxy groups -OCH3 is 2. The van der Waals surface area contributed by atoms with E-state index < -0.39 is 5.82 Å². The van der Waals surface area contributed by atoms with Gasteiger partial charge in [0.15, 0.2) is 11.5 Å². The SMILES string of the molecule is COc1ccc(CC(Br)c2cccc(F)c2Cl)cc1OC. The Morgan fingerprint density at radius 2 is 1.86 bits per heavy atom. The van der Waals surface area contributed by atoms with Crippen LogP contribution < -0.4 is 9.47 Å². The van der Waals surface area contributed by atoms with Crippen LogP contribution in [0.25, 0.3) is 0 Å². The highest BCUT2D eigenvalue weighted by molar-refractivity contribution is 9.09. The average Bonchev–Trinajstić information content (AvgIpc) is 2.49. The number of hydrogen-bond donors (Lipinski definition) is 0. The molecule has 0 bridgehead atoms. The molecule has 0 N–H and O–H groups in total. The van der Waals surface area contributed by atoms with Gasteiger partial charge >= 0.3 is 0 Å². The van der Waals surface area contributed by atoms with Crippen molar-refractivity contribution >= 4 is 27.5 Å². The van der Waals surface area contributed by atoms with E-state index in [2.05, 4.69) is 15.9 Å². The van der Waals surface area contributed by atoms with Gasteiger partial charge in [0.1, 0.15) is 5.82 Å². The molecule has 2 aromatic carbocycles. The van der Waals surface area contributed by atoms with Crippen molar-refractivity contribution in [2.24, 2.45) is 0 Å². The van der Waals surface area contributed by atoms with Crippen LogP contribution in [0.2, 0.25) is 5.02 Å². The first-order valence-corrected chi connectivity index (χ1v) is 7.65. The predicted molar refractivity (Wildman–Crippen MR) is 86.3 cm³/mol. The van der Waals surface area contributed by atoms with E-state index in [-0.39, 0.29) is 9.85 Å². The van der Waals surface area contributed by atoms with E-state index in [1.54, 1.807) is 20.3 Å². The number of alkyl halides is 1. The third-order valence-corrected chi connectivity index (χ3v) is 4.40. The molecule has 1 atom stereocenters. The minimum Gasteiger partial charge on any atom is -0.493 e. The van der Waals surface area contributed by atoms with Gasteiger partial charge in [-0.25, -0.2) is 4.39 Å². The molecule has 0 fully saturated rings. The van der Waals surface area contributed by atoms with E-state index in [0.717, 1.165) is 11.1 Å². The second-order valence-corrected chi connectivity index (χ2v) is 5.99. The average molecular weight is 374 g/mol. The van der Waals surface area contributed by atoms with E-state index >= 15 is 0 Å². The standard InChI is InChI=1S/C16H15BrClFO2/c1-20-14-7-6-10(9-15(14)21-2)8-12(17)11-4-3-5-13(19)16(11)18/h3-7,9,12H,8H2,1-2H3. The van der Waals surface area contributed by atoms with E-state index in [4.69, 9.17) is 21.1 Å². The Balaban J connectivity index is 2.23. The molecular formula is C16H15BrClFO2. The van der Waals surface area contributed by atoms with Crippen molar-refractivity contribution in [3.8, 4) is 11.5 Å².